The molecule has 0 bridgehead atoms. The summed E-state index contributed by atoms with van der Waals surface area (Å²) in [7, 11) is -6.96. The van der Waals surface area contributed by atoms with Crippen LogP contribution in [0.4, 0.5) is 0 Å². The van der Waals surface area contributed by atoms with E-state index in [0.29, 0.717) is 0 Å². The number of piperazine rings is 1. The molecule has 2 heterocycles. The van der Waals surface area contributed by atoms with Crippen molar-refractivity contribution in [2.24, 2.45) is 0 Å². The van der Waals surface area contributed by atoms with E-state index in [2.05, 4.69) is 0 Å². The maximum absolute atomic E-state index is 11.7. The van der Waals surface area contributed by atoms with Crippen LogP contribution in [0.15, 0.2) is 0 Å². The summed E-state index contributed by atoms with van der Waals surface area (Å²) in [5.74, 6) is 0. The van der Waals surface area contributed by atoms with Crippen LogP contribution in [0.5, 0.6) is 0 Å². The minimum atomic E-state index is -3.48. The summed E-state index contributed by atoms with van der Waals surface area (Å²) in [6.07, 6.45) is 0.00609. The van der Waals surface area contributed by atoms with Crippen LogP contribution in [0.1, 0.15) is 6.92 Å². The van der Waals surface area contributed by atoms with Gasteiger partial charge < -0.3 is 9.47 Å². The highest BCUT2D eigenvalue weighted by Crippen LogP contribution is 2.28. The van der Waals surface area contributed by atoms with Crippen LogP contribution in [0.3, 0.4) is 0 Å². The predicted octanol–water partition coefficient (Wildman–Crippen LogP) is -1.39. The van der Waals surface area contributed by atoms with Crippen molar-refractivity contribution in [1.82, 2.24) is 8.61 Å². The molecule has 0 saturated carbocycles. The first-order valence-corrected chi connectivity index (χ1v) is 9.51. The van der Waals surface area contributed by atoms with Crippen molar-refractivity contribution in [2.75, 3.05) is 32.2 Å². The molecule has 0 spiro atoms. The van der Waals surface area contributed by atoms with E-state index in [1.54, 1.807) is 6.92 Å². The first kappa shape index (κ1) is 15.1. The fourth-order valence-corrected chi connectivity index (χ4v) is 4.16. The summed E-state index contributed by atoms with van der Waals surface area (Å²) in [5.41, 5.74) is 0. The Morgan fingerprint density at radius 2 is 1.42 bits per heavy atom. The molecule has 0 N–H and O–H groups in total. The largest absolute Gasteiger partial charge is 0.355 e. The minimum Gasteiger partial charge on any atom is -0.355 e. The van der Waals surface area contributed by atoms with Crippen molar-refractivity contribution >= 4 is 20.0 Å². The SMILES string of the molecule is C[C@@H]1CO[C@@H]2[C@H](O1)N(S(C)(=O)=O)CCN2S(C)(=O)=O. The van der Waals surface area contributed by atoms with Crippen molar-refractivity contribution < 1.29 is 26.3 Å². The Morgan fingerprint density at radius 3 is 1.89 bits per heavy atom. The van der Waals surface area contributed by atoms with Crippen LogP contribution < -0.4 is 0 Å². The third-order valence-electron chi connectivity index (χ3n) is 3.08. The van der Waals surface area contributed by atoms with Gasteiger partial charge in [-0.15, -0.1) is 0 Å². The molecule has 2 fully saturated rings. The molecule has 0 aromatic rings. The molecule has 2 saturated heterocycles. The van der Waals surface area contributed by atoms with Crippen LogP contribution in [0.2, 0.25) is 0 Å². The maximum Gasteiger partial charge on any atom is 0.213 e. The highest BCUT2D eigenvalue weighted by molar-refractivity contribution is 7.88. The molecule has 2 aliphatic heterocycles. The molecule has 2 aliphatic rings. The van der Waals surface area contributed by atoms with E-state index in [9.17, 15) is 16.8 Å². The molecule has 8 nitrogen and oxygen atoms in total. The topological polar surface area (TPSA) is 93.2 Å². The predicted molar refractivity (Wildman–Crippen MR) is 67.2 cm³/mol. The fourth-order valence-electron chi connectivity index (χ4n) is 2.26. The Hall–Kier alpha value is -0.260. The minimum absolute atomic E-state index is 0.0587. The van der Waals surface area contributed by atoms with Crippen molar-refractivity contribution in [3.8, 4) is 0 Å². The summed E-state index contributed by atoms with van der Waals surface area (Å²) < 4.78 is 60.2. The Bertz CT molecular complexity index is 545. The van der Waals surface area contributed by atoms with Gasteiger partial charge in [-0.05, 0) is 6.92 Å². The number of fused-ring (bicyclic) bond motifs is 1. The van der Waals surface area contributed by atoms with E-state index in [1.807, 2.05) is 0 Å². The van der Waals surface area contributed by atoms with E-state index in [1.165, 1.54) is 0 Å². The second-order valence-electron chi connectivity index (χ2n) is 4.81. The number of ether oxygens (including phenoxy) is 2. The zero-order chi connectivity index (χ0) is 14.4. The molecule has 0 aromatic carbocycles. The van der Waals surface area contributed by atoms with Crippen LogP contribution in [-0.4, -0.2) is 76.2 Å². The molecular weight excluding hydrogens is 296 g/mol. The molecule has 0 unspecified atom stereocenters. The second-order valence-corrected chi connectivity index (χ2v) is 8.68. The fraction of sp³-hybridized carbons (Fsp3) is 1.00. The number of hydrogen-bond donors (Lipinski definition) is 0. The molecule has 2 rings (SSSR count). The van der Waals surface area contributed by atoms with Crippen molar-refractivity contribution in [2.45, 2.75) is 25.5 Å². The Labute approximate surface area is 113 Å². The van der Waals surface area contributed by atoms with Gasteiger partial charge >= 0.3 is 0 Å². The third-order valence-corrected chi connectivity index (χ3v) is 5.56. The molecule has 19 heavy (non-hydrogen) atoms. The zero-order valence-electron chi connectivity index (χ0n) is 11.0. The van der Waals surface area contributed by atoms with E-state index < -0.39 is 32.5 Å². The lowest BCUT2D eigenvalue weighted by atomic mass is 10.3. The molecule has 0 aliphatic carbocycles. The molecule has 0 aromatic heterocycles. The molecule has 112 valence electrons. The van der Waals surface area contributed by atoms with Gasteiger partial charge in [-0.3, -0.25) is 0 Å². The van der Waals surface area contributed by atoms with E-state index in [4.69, 9.17) is 9.47 Å². The molecule has 0 radical (unpaired) electrons. The average molecular weight is 314 g/mol. The third kappa shape index (κ3) is 3.09. The van der Waals surface area contributed by atoms with Gasteiger partial charge in [-0.25, -0.2) is 16.8 Å². The average Bonchev–Trinajstić information content (AvgIpc) is 2.24. The van der Waals surface area contributed by atoms with Gasteiger partial charge in [0.15, 0.2) is 12.5 Å². The monoisotopic (exact) mass is 314 g/mol. The normalized spacial score (nSPS) is 35.0. The number of sulfonamides is 2. The number of rotatable bonds is 2. The first-order chi connectivity index (χ1) is 8.60. The number of hydrogen-bond acceptors (Lipinski definition) is 6. The molecule has 3 atom stereocenters. The summed E-state index contributed by atoms with van der Waals surface area (Å²) in [6, 6.07) is 0. The molecule has 10 heteroatoms. The van der Waals surface area contributed by atoms with Gasteiger partial charge in [0.05, 0.1) is 25.2 Å². The Balaban J connectivity index is 2.34. The van der Waals surface area contributed by atoms with Gasteiger partial charge in [0, 0.05) is 13.1 Å². The lowest BCUT2D eigenvalue weighted by Gasteiger charge is -2.47. The highest BCUT2D eigenvalue weighted by Gasteiger charge is 2.48. The summed E-state index contributed by atoms with van der Waals surface area (Å²) in [5, 5.41) is 0. The van der Waals surface area contributed by atoms with E-state index >= 15 is 0 Å². The maximum atomic E-state index is 11.7. The molecular formula is C9H18N2O6S2. The van der Waals surface area contributed by atoms with Crippen molar-refractivity contribution in [3.05, 3.63) is 0 Å². The van der Waals surface area contributed by atoms with Gasteiger partial charge in [0.1, 0.15) is 0 Å². The van der Waals surface area contributed by atoms with E-state index in [-0.39, 0.29) is 25.8 Å². The van der Waals surface area contributed by atoms with Crippen LogP contribution in [0.25, 0.3) is 0 Å². The summed E-state index contributed by atoms with van der Waals surface area (Å²) in [6.45, 7) is 2.09. The Morgan fingerprint density at radius 1 is 0.947 bits per heavy atom. The van der Waals surface area contributed by atoms with E-state index in [0.717, 1.165) is 21.1 Å². The zero-order valence-corrected chi connectivity index (χ0v) is 12.6. The van der Waals surface area contributed by atoms with Crippen molar-refractivity contribution in [1.29, 1.82) is 0 Å². The second kappa shape index (κ2) is 4.93. The van der Waals surface area contributed by atoms with Crippen LogP contribution in [-0.2, 0) is 29.5 Å². The van der Waals surface area contributed by atoms with Gasteiger partial charge in [-0.2, -0.15) is 8.61 Å². The summed E-state index contributed by atoms with van der Waals surface area (Å²) in [4.78, 5) is 0. The van der Waals surface area contributed by atoms with Gasteiger partial charge in [-0.1, -0.05) is 0 Å². The van der Waals surface area contributed by atoms with Crippen LogP contribution in [0, 0.1) is 0 Å². The quantitative estimate of drug-likeness (QED) is 0.623. The highest BCUT2D eigenvalue weighted by atomic mass is 32.2. The summed E-state index contributed by atoms with van der Waals surface area (Å²) >= 11 is 0. The lowest BCUT2D eigenvalue weighted by molar-refractivity contribution is -0.249. The lowest BCUT2D eigenvalue weighted by Crippen LogP contribution is -2.66. The number of nitrogens with zero attached hydrogens (tertiary/aromatic N) is 2. The van der Waals surface area contributed by atoms with Gasteiger partial charge in [0.25, 0.3) is 0 Å². The first-order valence-electron chi connectivity index (χ1n) is 5.81. The van der Waals surface area contributed by atoms with Gasteiger partial charge in [0.2, 0.25) is 20.0 Å². The smallest absolute Gasteiger partial charge is 0.213 e. The van der Waals surface area contributed by atoms with Crippen LogP contribution >= 0.6 is 0 Å². The van der Waals surface area contributed by atoms with Crippen molar-refractivity contribution in [3.63, 3.8) is 0 Å². The molecule has 0 amide bonds. The standard InChI is InChI=1S/C9H18N2O6S2/c1-7-6-16-8-9(17-7)11(19(3,14)15)5-4-10(8)18(2,12)13/h7-9H,4-6H2,1-3H3/t7-,8-,9+/m1/s1. The Kier molecular flexibility index (Phi) is 3.93.